The number of nitrogens with zero attached hydrogens (tertiary/aromatic N) is 1. The van der Waals surface area contributed by atoms with Gasteiger partial charge in [-0.2, -0.15) is 0 Å². The first-order valence-corrected chi connectivity index (χ1v) is 5.06. The van der Waals surface area contributed by atoms with Gasteiger partial charge >= 0.3 is 0 Å². The fourth-order valence-corrected chi connectivity index (χ4v) is 1.91. The summed E-state index contributed by atoms with van der Waals surface area (Å²) in [6.07, 6.45) is 0.936. The first-order valence-electron chi connectivity index (χ1n) is 5.06. The van der Waals surface area contributed by atoms with Crippen LogP contribution >= 0.6 is 0 Å². The van der Waals surface area contributed by atoms with E-state index < -0.39 is 5.92 Å². The molecule has 0 aromatic rings. The van der Waals surface area contributed by atoms with Gasteiger partial charge < -0.3 is 0 Å². The molecule has 0 bridgehead atoms. The third kappa shape index (κ3) is 2.90. The van der Waals surface area contributed by atoms with Gasteiger partial charge in [-0.1, -0.05) is 13.3 Å². The van der Waals surface area contributed by atoms with Crippen LogP contribution < -0.4 is 0 Å². The molecule has 0 aromatic heterocycles. The molecule has 1 atom stereocenters. The van der Waals surface area contributed by atoms with E-state index in [4.69, 9.17) is 0 Å². The first kappa shape index (κ1) is 10.9. The molecule has 0 amide bonds. The number of alkyl halides is 2. The minimum absolute atomic E-state index is 0.0544. The summed E-state index contributed by atoms with van der Waals surface area (Å²) >= 11 is 0. The molecule has 0 saturated carbocycles. The number of piperidine rings is 1. The molecule has 78 valence electrons. The SMILES string of the molecule is CCC1CN(C(C)C)CC(F)(F)C1. The third-order valence-corrected chi connectivity index (χ3v) is 2.82. The van der Waals surface area contributed by atoms with Gasteiger partial charge in [0.25, 0.3) is 5.92 Å². The van der Waals surface area contributed by atoms with Crippen LogP contribution in [0.4, 0.5) is 8.78 Å². The summed E-state index contributed by atoms with van der Waals surface area (Å²) in [4.78, 5) is 1.89. The Kier molecular flexibility index (Phi) is 3.28. The first-order chi connectivity index (χ1) is 5.94. The number of hydrogen-bond acceptors (Lipinski definition) is 1. The standard InChI is InChI=1S/C10H19F2N/c1-4-9-5-10(11,12)7-13(6-9)8(2)3/h8-9H,4-7H2,1-3H3. The van der Waals surface area contributed by atoms with E-state index in [-0.39, 0.29) is 24.9 Å². The van der Waals surface area contributed by atoms with Crippen molar-refractivity contribution >= 4 is 0 Å². The highest BCUT2D eigenvalue weighted by atomic mass is 19.3. The van der Waals surface area contributed by atoms with Gasteiger partial charge in [-0.15, -0.1) is 0 Å². The maximum atomic E-state index is 13.2. The Morgan fingerprint density at radius 2 is 2.08 bits per heavy atom. The molecular weight excluding hydrogens is 172 g/mol. The fraction of sp³-hybridized carbons (Fsp3) is 1.00. The molecule has 13 heavy (non-hydrogen) atoms. The van der Waals surface area contributed by atoms with E-state index in [9.17, 15) is 8.78 Å². The van der Waals surface area contributed by atoms with Crippen LogP contribution in [0, 0.1) is 5.92 Å². The lowest BCUT2D eigenvalue weighted by Gasteiger charge is -2.39. The van der Waals surface area contributed by atoms with Crippen LogP contribution in [-0.4, -0.2) is 30.0 Å². The summed E-state index contributed by atoms with van der Waals surface area (Å²) in [6.45, 7) is 6.73. The van der Waals surface area contributed by atoms with Crippen LogP contribution in [0.1, 0.15) is 33.6 Å². The lowest BCUT2D eigenvalue weighted by atomic mass is 9.92. The zero-order valence-electron chi connectivity index (χ0n) is 8.69. The summed E-state index contributed by atoms with van der Waals surface area (Å²) in [5.41, 5.74) is 0. The van der Waals surface area contributed by atoms with Crippen molar-refractivity contribution in [1.29, 1.82) is 0 Å². The zero-order valence-corrected chi connectivity index (χ0v) is 8.69. The van der Waals surface area contributed by atoms with Crippen molar-refractivity contribution in [2.45, 2.75) is 45.6 Å². The van der Waals surface area contributed by atoms with E-state index >= 15 is 0 Å². The predicted molar refractivity (Wildman–Crippen MR) is 50.1 cm³/mol. The molecule has 1 unspecified atom stereocenters. The Hall–Kier alpha value is -0.180. The molecule has 0 spiro atoms. The molecule has 1 nitrogen and oxygen atoms in total. The van der Waals surface area contributed by atoms with Gasteiger partial charge in [0.05, 0.1) is 6.54 Å². The summed E-state index contributed by atoms with van der Waals surface area (Å²) < 4.78 is 26.4. The molecule has 3 heteroatoms. The maximum absolute atomic E-state index is 13.2. The second-order valence-corrected chi connectivity index (χ2v) is 4.36. The Morgan fingerprint density at radius 3 is 2.54 bits per heavy atom. The fourth-order valence-electron chi connectivity index (χ4n) is 1.91. The molecule has 1 saturated heterocycles. The molecule has 1 rings (SSSR count). The van der Waals surface area contributed by atoms with E-state index in [0.29, 0.717) is 0 Å². The largest absolute Gasteiger partial charge is 0.295 e. The van der Waals surface area contributed by atoms with E-state index in [2.05, 4.69) is 0 Å². The topological polar surface area (TPSA) is 3.24 Å². The highest BCUT2D eigenvalue weighted by Gasteiger charge is 2.40. The quantitative estimate of drug-likeness (QED) is 0.648. The summed E-state index contributed by atoms with van der Waals surface area (Å²) in [5.74, 6) is -2.30. The molecule has 0 radical (unpaired) electrons. The Labute approximate surface area is 79.1 Å². The third-order valence-electron chi connectivity index (χ3n) is 2.82. The Morgan fingerprint density at radius 1 is 1.46 bits per heavy atom. The molecular formula is C10H19F2N. The molecule has 1 fully saturated rings. The van der Waals surface area contributed by atoms with Crippen molar-refractivity contribution in [2.75, 3.05) is 13.1 Å². The van der Waals surface area contributed by atoms with Crippen LogP contribution in [-0.2, 0) is 0 Å². The number of hydrogen-bond donors (Lipinski definition) is 0. The van der Waals surface area contributed by atoms with Crippen molar-refractivity contribution in [3.05, 3.63) is 0 Å². The van der Waals surface area contributed by atoms with Crippen molar-refractivity contribution < 1.29 is 8.78 Å². The Balaban J connectivity index is 2.60. The average Bonchev–Trinajstić information content (AvgIpc) is 2.01. The number of halogens is 2. The van der Waals surface area contributed by atoms with Crippen LogP contribution in [0.25, 0.3) is 0 Å². The van der Waals surface area contributed by atoms with E-state index in [1.54, 1.807) is 0 Å². The van der Waals surface area contributed by atoms with E-state index in [1.165, 1.54) is 0 Å². The van der Waals surface area contributed by atoms with Crippen molar-refractivity contribution in [3.63, 3.8) is 0 Å². The second-order valence-electron chi connectivity index (χ2n) is 4.36. The predicted octanol–water partition coefficient (Wildman–Crippen LogP) is 2.76. The van der Waals surface area contributed by atoms with Crippen molar-refractivity contribution in [2.24, 2.45) is 5.92 Å². The van der Waals surface area contributed by atoms with Crippen molar-refractivity contribution in [3.8, 4) is 0 Å². The highest BCUT2D eigenvalue weighted by Crippen LogP contribution is 2.32. The lowest BCUT2D eigenvalue weighted by molar-refractivity contribution is -0.0924. The minimum Gasteiger partial charge on any atom is -0.295 e. The number of likely N-dealkylation sites (tertiary alicyclic amines) is 1. The smallest absolute Gasteiger partial charge is 0.260 e. The van der Waals surface area contributed by atoms with E-state index in [1.807, 2.05) is 25.7 Å². The van der Waals surface area contributed by atoms with Crippen LogP contribution in [0.2, 0.25) is 0 Å². The van der Waals surface area contributed by atoms with Gasteiger partial charge in [-0.25, -0.2) is 8.78 Å². The molecule has 0 aliphatic carbocycles. The van der Waals surface area contributed by atoms with Gasteiger partial charge in [-0.3, -0.25) is 4.90 Å². The molecule has 1 aliphatic heterocycles. The normalized spacial score (nSPS) is 29.5. The van der Waals surface area contributed by atoms with Gasteiger partial charge in [0.15, 0.2) is 0 Å². The summed E-state index contributed by atoms with van der Waals surface area (Å²) in [5, 5.41) is 0. The average molecular weight is 191 g/mol. The maximum Gasteiger partial charge on any atom is 0.260 e. The number of rotatable bonds is 2. The zero-order chi connectivity index (χ0) is 10.1. The van der Waals surface area contributed by atoms with Crippen molar-refractivity contribution in [1.82, 2.24) is 4.90 Å². The molecule has 1 aliphatic rings. The second kappa shape index (κ2) is 3.91. The molecule has 0 aromatic carbocycles. The van der Waals surface area contributed by atoms with E-state index in [0.717, 1.165) is 13.0 Å². The van der Waals surface area contributed by atoms with Gasteiger partial charge in [0.2, 0.25) is 0 Å². The summed E-state index contributed by atoms with van der Waals surface area (Å²) in [6, 6.07) is 0.236. The minimum atomic E-state index is -2.47. The van der Waals surface area contributed by atoms with Crippen LogP contribution in [0.15, 0.2) is 0 Å². The van der Waals surface area contributed by atoms with Gasteiger partial charge in [0.1, 0.15) is 0 Å². The molecule has 1 heterocycles. The Bertz CT molecular complexity index is 168. The monoisotopic (exact) mass is 191 g/mol. The van der Waals surface area contributed by atoms with Crippen LogP contribution in [0.3, 0.4) is 0 Å². The highest BCUT2D eigenvalue weighted by molar-refractivity contribution is 4.85. The summed E-state index contributed by atoms with van der Waals surface area (Å²) in [7, 11) is 0. The lowest BCUT2D eigenvalue weighted by Crippen LogP contribution is -2.49. The van der Waals surface area contributed by atoms with Gasteiger partial charge in [0, 0.05) is 19.0 Å². The van der Waals surface area contributed by atoms with Crippen LogP contribution in [0.5, 0.6) is 0 Å². The molecule has 0 N–H and O–H groups in total. The van der Waals surface area contributed by atoms with Gasteiger partial charge in [-0.05, 0) is 19.8 Å².